The zero-order valence-corrected chi connectivity index (χ0v) is 31.8. The molecule has 0 spiro atoms. The maximum Gasteiger partial charge on any atom is 0.175 e. The molecule has 0 N–H and O–H groups in total. The number of hydrogen-bond acceptors (Lipinski definition) is 7. The van der Waals surface area contributed by atoms with E-state index >= 15 is 0 Å². The quantitative estimate of drug-likeness (QED) is 0.0599. The number of ether oxygens (including phenoxy) is 6. The minimum atomic E-state index is -0.846. The number of thioether (sulfide) groups is 1. The Kier molecular flexibility index (Phi) is 14.6. The van der Waals surface area contributed by atoms with Gasteiger partial charge in [0.25, 0.3) is 0 Å². The summed E-state index contributed by atoms with van der Waals surface area (Å²) in [5.74, 6) is -0.846. The van der Waals surface area contributed by atoms with Gasteiger partial charge >= 0.3 is 0 Å². The highest BCUT2D eigenvalue weighted by Crippen LogP contribution is 2.41. The van der Waals surface area contributed by atoms with Crippen molar-refractivity contribution in [1.82, 2.24) is 0 Å². The summed E-state index contributed by atoms with van der Waals surface area (Å²) < 4.78 is 41.9. The van der Waals surface area contributed by atoms with Crippen LogP contribution >= 0.6 is 34.4 Å². The molecule has 6 atom stereocenters. The highest BCUT2D eigenvalue weighted by Gasteiger charge is 2.51. The largest absolute Gasteiger partial charge is 0.374 e. The lowest BCUT2D eigenvalue weighted by Crippen LogP contribution is -2.62. The van der Waals surface area contributed by atoms with E-state index in [2.05, 4.69) is 90.2 Å². The molecule has 2 fully saturated rings. The average Bonchev–Trinajstić information content (AvgIpc) is 3.16. The highest BCUT2D eigenvalue weighted by atomic mass is 127. The van der Waals surface area contributed by atoms with Crippen LogP contribution in [0.25, 0.3) is 0 Å². The van der Waals surface area contributed by atoms with Gasteiger partial charge in [0.15, 0.2) is 5.79 Å². The molecule has 0 amide bonds. The van der Waals surface area contributed by atoms with Crippen molar-refractivity contribution in [1.29, 1.82) is 0 Å². The first-order valence-corrected chi connectivity index (χ1v) is 20.2. The summed E-state index contributed by atoms with van der Waals surface area (Å²) in [4.78, 5) is 1.09. The topological polar surface area (TPSA) is 55.4 Å². The van der Waals surface area contributed by atoms with E-state index in [4.69, 9.17) is 28.4 Å². The second-order valence-corrected chi connectivity index (χ2v) is 15.2. The molecule has 1 saturated heterocycles. The lowest BCUT2D eigenvalue weighted by molar-refractivity contribution is -0.318. The van der Waals surface area contributed by atoms with Crippen LogP contribution in [0, 0.1) is 0 Å². The van der Waals surface area contributed by atoms with Gasteiger partial charge in [-0.05, 0) is 48.6 Å². The molecule has 0 aromatic heterocycles. The fourth-order valence-corrected chi connectivity index (χ4v) is 8.06. The van der Waals surface area contributed by atoms with Gasteiger partial charge in [-0.15, -0.1) is 0 Å². The fraction of sp³-hybridized carbons (Fsp3) is 0.429. The second kappa shape index (κ2) is 19.5. The smallest absolute Gasteiger partial charge is 0.175 e. The molecule has 0 radical (unpaired) electrons. The SMILES string of the molecule is CC(CI)(OC1CCCCC1)O[C@H]1[C@@H](OCc2ccccc2)[C@H](OCc2ccccc2)[C@@H](COCc2ccccc2)O[C@@H]1Sc1ccccc1. The third-order valence-electron chi connectivity index (χ3n) is 9.15. The van der Waals surface area contributed by atoms with Crippen molar-refractivity contribution in [2.45, 2.75) is 105 Å². The molecule has 4 aromatic rings. The van der Waals surface area contributed by atoms with Gasteiger partial charge in [0.2, 0.25) is 0 Å². The van der Waals surface area contributed by atoms with Crippen LogP contribution in [-0.4, -0.2) is 52.8 Å². The van der Waals surface area contributed by atoms with Crippen LogP contribution in [0.3, 0.4) is 0 Å². The van der Waals surface area contributed by atoms with Crippen LogP contribution in [-0.2, 0) is 48.2 Å². The Morgan fingerprint density at radius 1 is 0.640 bits per heavy atom. The Labute approximate surface area is 315 Å². The molecule has 6 nitrogen and oxygen atoms in total. The fourth-order valence-electron chi connectivity index (χ4n) is 6.57. The number of alkyl halides is 1. The van der Waals surface area contributed by atoms with Crippen molar-refractivity contribution in [2.24, 2.45) is 0 Å². The van der Waals surface area contributed by atoms with Crippen molar-refractivity contribution < 1.29 is 28.4 Å². The molecule has 1 aliphatic heterocycles. The molecule has 1 saturated carbocycles. The summed E-state index contributed by atoms with van der Waals surface area (Å²) in [5, 5.41) is 0. The number of halogens is 1. The molecule has 8 heteroatoms. The standard InChI is InChI=1S/C42H49IO6S/c1-42(31-43,48-35-23-13-5-14-24-35)49-40-39(46-29-34-21-11-4-12-22-34)38(45-28-33-19-9-3-10-20-33)37(30-44-27-32-17-7-2-8-18-32)47-41(40)50-36-25-15-6-16-26-36/h2-4,6-12,15-22,25-26,35,37-41H,5,13-14,23-24,27-31H2,1H3/t37-,38-,39+,40+,41-,42?/m1/s1. The van der Waals surface area contributed by atoms with Crippen molar-refractivity contribution >= 4 is 34.4 Å². The maximum absolute atomic E-state index is 7.20. The van der Waals surface area contributed by atoms with E-state index in [-0.39, 0.29) is 6.10 Å². The molecule has 1 unspecified atom stereocenters. The third-order valence-corrected chi connectivity index (χ3v) is 11.7. The van der Waals surface area contributed by atoms with Crippen molar-refractivity contribution in [3.05, 3.63) is 138 Å². The average molecular weight is 809 g/mol. The summed E-state index contributed by atoms with van der Waals surface area (Å²) >= 11 is 4.04. The predicted molar refractivity (Wildman–Crippen MR) is 207 cm³/mol. The van der Waals surface area contributed by atoms with Crippen LogP contribution in [0.2, 0.25) is 0 Å². The number of benzene rings is 4. The predicted octanol–water partition coefficient (Wildman–Crippen LogP) is 9.78. The molecular formula is C42H49IO6S. The first-order valence-electron chi connectivity index (χ1n) is 17.8. The summed E-state index contributed by atoms with van der Waals surface area (Å²) in [6.45, 7) is 3.68. The second-order valence-electron chi connectivity index (χ2n) is 13.2. The van der Waals surface area contributed by atoms with E-state index in [1.54, 1.807) is 11.8 Å². The van der Waals surface area contributed by atoms with Crippen LogP contribution in [0.15, 0.2) is 126 Å². The lowest BCUT2D eigenvalue weighted by atomic mass is 9.97. The monoisotopic (exact) mass is 808 g/mol. The summed E-state index contributed by atoms with van der Waals surface area (Å²) in [7, 11) is 0. The van der Waals surface area contributed by atoms with Gasteiger partial charge in [-0.25, -0.2) is 0 Å². The lowest BCUT2D eigenvalue weighted by Gasteiger charge is -2.48. The molecule has 0 bridgehead atoms. The summed E-state index contributed by atoms with van der Waals surface area (Å²) in [5.41, 5.74) is 2.85. The minimum Gasteiger partial charge on any atom is -0.374 e. The van der Waals surface area contributed by atoms with Gasteiger partial charge in [0.05, 0.1) is 37.0 Å². The van der Waals surface area contributed by atoms with Crippen LogP contribution in [0.1, 0.15) is 55.7 Å². The van der Waals surface area contributed by atoms with E-state index in [0.717, 1.165) is 34.4 Å². The minimum absolute atomic E-state index is 0.168. The van der Waals surface area contributed by atoms with E-state index < -0.39 is 35.6 Å². The van der Waals surface area contributed by atoms with Crippen LogP contribution < -0.4 is 0 Å². The molecule has 1 aliphatic carbocycles. The molecule has 1 heterocycles. The molecule has 2 aliphatic rings. The Hall–Kier alpha value is -2.28. The Bertz CT molecular complexity index is 1510. The summed E-state index contributed by atoms with van der Waals surface area (Å²) in [6, 6.07) is 41.1. The third kappa shape index (κ3) is 11.1. The normalized spacial score (nSPS) is 24.1. The molecule has 4 aromatic carbocycles. The molecule has 50 heavy (non-hydrogen) atoms. The van der Waals surface area contributed by atoms with Gasteiger partial charge in [-0.2, -0.15) is 0 Å². The first kappa shape index (κ1) is 37.5. The maximum atomic E-state index is 7.20. The van der Waals surface area contributed by atoms with E-state index in [0.29, 0.717) is 30.9 Å². The van der Waals surface area contributed by atoms with Crippen LogP contribution in [0.4, 0.5) is 0 Å². The molecule has 6 rings (SSSR count). The molecular weight excluding hydrogens is 759 g/mol. The Morgan fingerprint density at radius 2 is 1.16 bits per heavy atom. The number of hydrogen-bond donors (Lipinski definition) is 0. The van der Waals surface area contributed by atoms with Gasteiger partial charge in [-0.3, -0.25) is 0 Å². The van der Waals surface area contributed by atoms with Crippen molar-refractivity contribution in [3.8, 4) is 0 Å². The van der Waals surface area contributed by atoms with Crippen molar-refractivity contribution in [2.75, 3.05) is 11.0 Å². The highest BCUT2D eigenvalue weighted by molar-refractivity contribution is 14.1. The summed E-state index contributed by atoms with van der Waals surface area (Å²) in [6.07, 6.45) is 3.99. The number of rotatable bonds is 17. The van der Waals surface area contributed by atoms with Gasteiger partial charge in [0, 0.05) is 4.90 Å². The van der Waals surface area contributed by atoms with Gasteiger partial charge in [-0.1, -0.05) is 163 Å². The van der Waals surface area contributed by atoms with Gasteiger partial charge in [0.1, 0.15) is 29.9 Å². The first-order chi connectivity index (χ1) is 24.6. The Morgan fingerprint density at radius 3 is 1.72 bits per heavy atom. The van der Waals surface area contributed by atoms with Crippen LogP contribution in [0.5, 0.6) is 0 Å². The van der Waals surface area contributed by atoms with E-state index in [1.165, 1.54) is 19.3 Å². The zero-order valence-electron chi connectivity index (χ0n) is 28.8. The molecule has 266 valence electrons. The zero-order chi connectivity index (χ0) is 34.4. The van der Waals surface area contributed by atoms with Gasteiger partial charge < -0.3 is 28.4 Å². The van der Waals surface area contributed by atoms with Crippen molar-refractivity contribution in [3.63, 3.8) is 0 Å². The van der Waals surface area contributed by atoms with E-state index in [1.807, 2.05) is 60.7 Å². The Balaban J connectivity index is 1.33. The van der Waals surface area contributed by atoms with E-state index in [9.17, 15) is 0 Å².